The third-order valence-corrected chi connectivity index (χ3v) is 4.34. The monoisotopic (exact) mass is 311 g/mol. The van der Waals surface area contributed by atoms with E-state index in [0.717, 1.165) is 30.5 Å². The van der Waals surface area contributed by atoms with E-state index in [9.17, 15) is 8.78 Å². The largest absolute Gasteiger partial charge is 0.308 e. The lowest BCUT2D eigenvalue weighted by atomic mass is 10.1. The smallest absolute Gasteiger partial charge is 0.150 e. The minimum atomic E-state index is -0.602. The number of rotatable bonds is 6. The molecule has 0 aliphatic rings. The highest BCUT2D eigenvalue weighted by atomic mass is 32.1. The molecule has 0 saturated carbocycles. The predicted octanol–water partition coefficient (Wildman–Crippen LogP) is 4.24. The number of hydrogen-bond donors (Lipinski definition) is 1. The lowest BCUT2D eigenvalue weighted by Gasteiger charge is -2.12. The average Bonchev–Trinajstić information content (AvgIpc) is 2.93. The Bertz CT molecular complexity index is 613. The Balaban J connectivity index is 2.29. The van der Waals surface area contributed by atoms with E-state index < -0.39 is 11.6 Å². The molecule has 1 aromatic heterocycles. The van der Waals surface area contributed by atoms with Gasteiger partial charge in [0.25, 0.3) is 0 Å². The van der Waals surface area contributed by atoms with E-state index in [-0.39, 0.29) is 6.04 Å². The maximum absolute atomic E-state index is 13.9. The van der Waals surface area contributed by atoms with Crippen LogP contribution >= 0.6 is 11.3 Å². The molecule has 1 unspecified atom stereocenters. The first-order valence-corrected chi connectivity index (χ1v) is 7.91. The van der Waals surface area contributed by atoms with Crippen LogP contribution in [0.2, 0.25) is 0 Å². The number of nitrogens with zero attached hydrogens (tertiary/aromatic N) is 2. The summed E-state index contributed by atoms with van der Waals surface area (Å²) >= 11 is 1.35. The quantitative estimate of drug-likeness (QED) is 0.867. The van der Waals surface area contributed by atoms with E-state index in [1.54, 1.807) is 6.92 Å². The second-order valence-corrected chi connectivity index (χ2v) is 5.95. The normalized spacial score (nSPS) is 12.6. The molecule has 0 fully saturated rings. The third-order valence-electron chi connectivity index (χ3n) is 3.27. The van der Waals surface area contributed by atoms with E-state index in [0.29, 0.717) is 16.1 Å². The Labute approximate surface area is 127 Å². The van der Waals surface area contributed by atoms with Crippen LogP contribution in [0.25, 0.3) is 10.6 Å². The summed E-state index contributed by atoms with van der Waals surface area (Å²) in [6.07, 6.45) is 1.92. The molecule has 2 rings (SSSR count). The molecule has 114 valence electrons. The van der Waals surface area contributed by atoms with Crippen molar-refractivity contribution in [1.82, 2.24) is 15.5 Å². The Morgan fingerprint density at radius 1 is 1.19 bits per heavy atom. The van der Waals surface area contributed by atoms with Crippen LogP contribution in [-0.4, -0.2) is 16.7 Å². The summed E-state index contributed by atoms with van der Waals surface area (Å²) < 4.78 is 27.2. The fraction of sp³-hybridized carbons (Fsp3) is 0.467. The molecule has 3 nitrogen and oxygen atoms in total. The molecule has 1 heterocycles. The summed E-state index contributed by atoms with van der Waals surface area (Å²) in [7, 11) is 0. The third kappa shape index (κ3) is 3.63. The zero-order valence-electron chi connectivity index (χ0n) is 12.4. The van der Waals surface area contributed by atoms with E-state index in [1.165, 1.54) is 17.4 Å². The number of hydrogen-bond acceptors (Lipinski definition) is 4. The van der Waals surface area contributed by atoms with Crippen molar-refractivity contribution in [2.45, 2.75) is 39.7 Å². The molecule has 0 aliphatic heterocycles. The fourth-order valence-corrected chi connectivity index (χ4v) is 3.05. The van der Waals surface area contributed by atoms with Crippen LogP contribution in [0.5, 0.6) is 0 Å². The van der Waals surface area contributed by atoms with Crippen LogP contribution in [0.4, 0.5) is 8.78 Å². The summed E-state index contributed by atoms with van der Waals surface area (Å²) in [5.41, 5.74) is 0.710. The van der Waals surface area contributed by atoms with Crippen LogP contribution in [0.1, 0.15) is 43.3 Å². The lowest BCUT2D eigenvalue weighted by Crippen LogP contribution is -2.21. The number of benzene rings is 1. The van der Waals surface area contributed by atoms with Crippen LogP contribution in [0.15, 0.2) is 12.1 Å². The Hall–Kier alpha value is -1.40. The van der Waals surface area contributed by atoms with Gasteiger partial charge in [-0.3, -0.25) is 0 Å². The zero-order chi connectivity index (χ0) is 15.4. The van der Waals surface area contributed by atoms with Gasteiger partial charge in [-0.1, -0.05) is 25.2 Å². The van der Waals surface area contributed by atoms with Crippen molar-refractivity contribution in [3.05, 3.63) is 34.3 Å². The van der Waals surface area contributed by atoms with Gasteiger partial charge >= 0.3 is 0 Å². The molecule has 0 aliphatic carbocycles. The van der Waals surface area contributed by atoms with Crippen LogP contribution < -0.4 is 5.32 Å². The number of aromatic nitrogens is 2. The van der Waals surface area contributed by atoms with E-state index in [1.807, 2.05) is 0 Å². The summed E-state index contributed by atoms with van der Waals surface area (Å²) in [6, 6.07) is 2.51. The molecule has 1 N–H and O–H groups in total. The van der Waals surface area contributed by atoms with Crippen molar-refractivity contribution in [2.75, 3.05) is 6.54 Å². The minimum absolute atomic E-state index is 0.126. The lowest BCUT2D eigenvalue weighted by molar-refractivity contribution is 0.513. The van der Waals surface area contributed by atoms with Crippen LogP contribution in [0, 0.1) is 18.6 Å². The van der Waals surface area contributed by atoms with Crippen molar-refractivity contribution >= 4 is 11.3 Å². The summed E-state index contributed by atoms with van der Waals surface area (Å²) in [5, 5.41) is 12.9. The second-order valence-electron chi connectivity index (χ2n) is 4.94. The molecule has 1 aromatic carbocycles. The topological polar surface area (TPSA) is 37.8 Å². The van der Waals surface area contributed by atoms with Gasteiger partial charge in [0, 0.05) is 11.6 Å². The highest BCUT2D eigenvalue weighted by Gasteiger charge is 2.18. The first kappa shape index (κ1) is 16.0. The van der Waals surface area contributed by atoms with E-state index in [4.69, 9.17) is 0 Å². The molecule has 0 radical (unpaired) electrons. The fourth-order valence-electron chi connectivity index (χ4n) is 2.03. The number of aryl methyl sites for hydroxylation is 1. The van der Waals surface area contributed by atoms with Gasteiger partial charge in [0.15, 0.2) is 5.01 Å². The van der Waals surface area contributed by atoms with Gasteiger partial charge in [0.05, 0.1) is 6.04 Å². The SMILES string of the molecule is CCCNC(CC)c1nnc(-c2cc(C)c(F)cc2F)s1. The zero-order valence-corrected chi connectivity index (χ0v) is 13.2. The average molecular weight is 311 g/mol. The predicted molar refractivity (Wildman–Crippen MR) is 81.3 cm³/mol. The summed E-state index contributed by atoms with van der Waals surface area (Å²) in [5.74, 6) is -1.15. The van der Waals surface area contributed by atoms with Gasteiger partial charge in [0.1, 0.15) is 16.6 Å². The molecule has 1 atom stereocenters. The molecule has 0 bridgehead atoms. The molecule has 0 saturated heterocycles. The van der Waals surface area contributed by atoms with Crippen LogP contribution in [0.3, 0.4) is 0 Å². The van der Waals surface area contributed by atoms with Crippen molar-refractivity contribution in [3.8, 4) is 10.6 Å². The van der Waals surface area contributed by atoms with Gasteiger partial charge in [-0.25, -0.2) is 8.78 Å². The molecular formula is C15H19F2N3S. The Kier molecular flexibility index (Phi) is 5.36. The first-order chi connectivity index (χ1) is 10.1. The molecule has 21 heavy (non-hydrogen) atoms. The molecular weight excluding hydrogens is 292 g/mol. The van der Waals surface area contributed by atoms with Gasteiger partial charge in [0.2, 0.25) is 0 Å². The minimum Gasteiger partial charge on any atom is -0.308 e. The van der Waals surface area contributed by atoms with E-state index in [2.05, 4.69) is 29.4 Å². The van der Waals surface area contributed by atoms with Crippen molar-refractivity contribution in [2.24, 2.45) is 0 Å². The summed E-state index contributed by atoms with van der Waals surface area (Å²) in [4.78, 5) is 0. The second kappa shape index (κ2) is 7.04. The Morgan fingerprint density at radius 3 is 2.62 bits per heavy atom. The maximum atomic E-state index is 13.9. The molecule has 6 heteroatoms. The number of nitrogens with one attached hydrogen (secondary N) is 1. The standard InChI is InChI=1S/C15H19F2N3S/c1-4-6-18-13(5-2)15-20-19-14(21-15)10-7-9(3)11(16)8-12(10)17/h7-8,13,18H,4-6H2,1-3H3. The van der Waals surface area contributed by atoms with Crippen molar-refractivity contribution in [1.29, 1.82) is 0 Å². The van der Waals surface area contributed by atoms with Gasteiger partial charge in [-0.15, -0.1) is 10.2 Å². The summed E-state index contributed by atoms with van der Waals surface area (Å²) in [6.45, 7) is 6.67. The highest BCUT2D eigenvalue weighted by molar-refractivity contribution is 7.14. The molecule has 0 spiro atoms. The number of halogens is 2. The molecule has 0 amide bonds. The van der Waals surface area contributed by atoms with Crippen LogP contribution in [-0.2, 0) is 0 Å². The highest BCUT2D eigenvalue weighted by Crippen LogP contribution is 2.31. The van der Waals surface area contributed by atoms with Gasteiger partial charge in [-0.2, -0.15) is 0 Å². The van der Waals surface area contributed by atoms with Crippen molar-refractivity contribution in [3.63, 3.8) is 0 Å². The van der Waals surface area contributed by atoms with Crippen molar-refractivity contribution < 1.29 is 8.78 Å². The first-order valence-electron chi connectivity index (χ1n) is 7.09. The molecule has 2 aromatic rings. The van der Waals surface area contributed by atoms with Gasteiger partial charge < -0.3 is 5.32 Å². The van der Waals surface area contributed by atoms with E-state index >= 15 is 0 Å². The Morgan fingerprint density at radius 2 is 1.95 bits per heavy atom. The van der Waals surface area contributed by atoms with Gasteiger partial charge in [-0.05, 0) is 37.9 Å². The maximum Gasteiger partial charge on any atom is 0.150 e.